The van der Waals surface area contributed by atoms with Gasteiger partial charge in [0.2, 0.25) is 0 Å². The van der Waals surface area contributed by atoms with Crippen LogP contribution in [-0.2, 0) is 29.2 Å². The first-order valence-electron chi connectivity index (χ1n) is 11.4. The minimum absolute atomic E-state index is 0.122. The van der Waals surface area contributed by atoms with Crippen molar-refractivity contribution >= 4 is 5.91 Å². The van der Waals surface area contributed by atoms with Crippen molar-refractivity contribution in [3.63, 3.8) is 0 Å². The van der Waals surface area contributed by atoms with Crippen molar-refractivity contribution in [2.24, 2.45) is 0 Å². The molecular weight excluding hydrogens is 390 g/mol. The normalized spacial score (nSPS) is 17.8. The third kappa shape index (κ3) is 6.79. The highest BCUT2D eigenvalue weighted by atomic mass is 16.5. The fraction of sp³-hybridized carbons (Fsp3) is 0.480. The van der Waals surface area contributed by atoms with Crippen LogP contribution in [0.15, 0.2) is 48.5 Å². The molecule has 1 heterocycles. The summed E-state index contributed by atoms with van der Waals surface area (Å²) in [6, 6.07) is 17.4. The van der Waals surface area contributed by atoms with Gasteiger partial charge >= 0.3 is 0 Å². The zero-order valence-corrected chi connectivity index (χ0v) is 18.5. The standard InChI is InChI=1S/C25H33N3O3/c1-30-24-10-6-22(7-11-24)18-28(23-8-9-23)19-25(29)26-16-20-2-4-21(5-3-20)17-27-12-14-31-15-13-27/h2-7,10-11,23H,8-9,12-19H2,1H3,(H,26,29)/p+2. The molecule has 1 aliphatic carbocycles. The van der Waals surface area contributed by atoms with E-state index in [4.69, 9.17) is 9.47 Å². The van der Waals surface area contributed by atoms with Gasteiger partial charge in [0, 0.05) is 30.5 Å². The first kappa shape index (κ1) is 21.8. The minimum Gasteiger partial charge on any atom is -0.497 e. The molecule has 0 spiro atoms. The molecule has 166 valence electrons. The van der Waals surface area contributed by atoms with E-state index in [1.54, 1.807) is 12.0 Å². The van der Waals surface area contributed by atoms with Gasteiger partial charge < -0.3 is 24.6 Å². The fourth-order valence-corrected chi connectivity index (χ4v) is 4.22. The zero-order valence-electron chi connectivity index (χ0n) is 18.5. The van der Waals surface area contributed by atoms with Crippen molar-refractivity contribution in [3.8, 4) is 5.75 Å². The van der Waals surface area contributed by atoms with Gasteiger partial charge in [-0.05, 0) is 29.8 Å². The van der Waals surface area contributed by atoms with Crippen LogP contribution in [0.4, 0.5) is 0 Å². The number of carbonyl (C=O) groups excluding carboxylic acids is 1. The number of ether oxygens (including phenoxy) is 2. The molecule has 2 aliphatic rings. The van der Waals surface area contributed by atoms with E-state index in [1.807, 2.05) is 12.1 Å². The summed E-state index contributed by atoms with van der Waals surface area (Å²) in [6.45, 7) is 6.90. The average molecular weight is 426 g/mol. The number of methoxy groups -OCH3 is 1. The summed E-state index contributed by atoms with van der Waals surface area (Å²) in [5, 5.41) is 3.12. The summed E-state index contributed by atoms with van der Waals surface area (Å²) >= 11 is 0. The first-order chi connectivity index (χ1) is 15.2. The van der Waals surface area contributed by atoms with Crippen LogP contribution in [0.25, 0.3) is 0 Å². The number of carbonyl (C=O) groups is 1. The van der Waals surface area contributed by atoms with Crippen LogP contribution in [0.5, 0.6) is 5.75 Å². The van der Waals surface area contributed by atoms with Gasteiger partial charge in [-0.15, -0.1) is 0 Å². The molecule has 0 radical (unpaired) electrons. The lowest BCUT2D eigenvalue weighted by Gasteiger charge is -2.23. The second-order valence-electron chi connectivity index (χ2n) is 8.77. The average Bonchev–Trinajstić information content (AvgIpc) is 3.65. The number of rotatable bonds is 10. The summed E-state index contributed by atoms with van der Waals surface area (Å²) in [7, 11) is 1.68. The predicted octanol–water partition coefficient (Wildman–Crippen LogP) is -0.0260. The van der Waals surface area contributed by atoms with Crippen LogP contribution >= 0.6 is 0 Å². The molecule has 1 amide bonds. The number of nitrogens with one attached hydrogen (secondary N) is 3. The van der Waals surface area contributed by atoms with Crippen molar-refractivity contribution in [2.75, 3.05) is 40.0 Å². The van der Waals surface area contributed by atoms with Gasteiger partial charge in [0.25, 0.3) is 5.91 Å². The Bertz CT molecular complexity index is 828. The molecule has 2 aromatic rings. The molecule has 1 unspecified atom stereocenters. The van der Waals surface area contributed by atoms with E-state index in [2.05, 4.69) is 41.7 Å². The molecule has 1 aliphatic heterocycles. The lowest BCUT2D eigenvalue weighted by atomic mass is 10.1. The van der Waals surface area contributed by atoms with Gasteiger partial charge in [-0.25, -0.2) is 0 Å². The van der Waals surface area contributed by atoms with Crippen molar-refractivity contribution in [2.45, 2.75) is 38.5 Å². The number of quaternary nitrogens is 2. The van der Waals surface area contributed by atoms with Gasteiger partial charge in [-0.2, -0.15) is 0 Å². The molecule has 0 aromatic heterocycles. The zero-order chi connectivity index (χ0) is 21.5. The SMILES string of the molecule is COc1ccc(C[NH+](CC(=O)NCc2ccc(C[NH+]3CCOCC3)cc2)C2CC2)cc1. The van der Waals surface area contributed by atoms with E-state index >= 15 is 0 Å². The highest BCUT2D eigenvalue weighted by Crippen LogP contribution is 2.16. The Labute approximate surface area is 185 Å². The molecule has 2 aromatic carbocycles. The summed E-state index contributed by atoms with van der Waals surface area (Å²) < 4.78 is 10.7. The third-order valence-electron chi connectivity index (χ3n) is 6.30. The van der Waals surface area contributed by atoms with Gasteiger partial charge in [-0.3, -0.25) is 4.79 Å². The van der Waals surface area contributed by atoms with Gasteiger partial charge in [0.05, 0.1) is 26.4 Å². The summed E-state index contributed by atoms with van der Waals surface area (Å²) in [4.78, 5) is 15.5. The van der Waals surface area contributed by atoms with Crippen LogP contribution in [-0.4, -0.2) is 51.9 Å². The molecule has 3 N–H and O–H groups in total. The molecular formula is C25H35N3O3+2. The number of benzene rings is 2. The molecule has 6 nitrogen and oxygen atoms in total. The molecule has 6 heteroatoms. The second kappa shape index (κ2) is 10.8. The van der Waals surface area contributed by atoms with E-state index in [9.17, 15) is 4.79 Å². The van der Waals surface area contributed by atoms with Crippen LogP contribution in [0.2, 0.25) is 0 Å². The second-order valence-corrected chi connectivity index (χ2v) is 8.77. The Morgan fingerprint density at radius 2 is 1.68 bits per heavy atom. The van der Waals surface area contributed by atoms with E-state index in [1.165, 1.54) is 28.9 Å². The monoisotopic (exact) mass is 425 g/mol. The van der Waals surface area contributed by atoms with E-state index in [0.717, 1.165) is 50.7 Å². The Morgan fingerprint density at radius 1 is 1.03 bits per heavy atom. The Kier molecular flexibility index (Phi) is 7.57. The quantitative estimate of drug-likeness (QED) is 0.501. The van der Waals surface area contributed by atoms with Gasteiger partial charge in [0.1, 0.15) is 31.9 Å². The van der Waals surface area contributed by atoms with Crippen LogP contribution < -0.4 is 19.9 Å². The number of hydrogen-bond acceptors (Lipinski definition) is 3. The van der Waals surface area contributed by atoms with Crippen molar-refractivity contribution in [3.05, 3.63) is 65.2 Å². The maximum atomic E-state index is 12.6. The molecule has 0 bridgehead atoms. The molecule has 1 saturated heterocycles. The summed E-state index contributed by atoms with van der Waals surface area (Å²) in [6.07, 6.45) is 2.43. The topological polar surface area (TPSA) is 56.4 Å². The summed E-state index contributed by atoms with van der Waals surface area (Å²) in [5.41, 5.74) is 3.74. The smallest absolute Gasteiger partial charge is 0.275 e. The van der Waals surface area contributed by atoms with Crippen LogP contribution in [0.3, 0.4) is 0 Å². The number of amides is 1. The number of hydrogen-bond donors (Lipinski definition) is 3. The molecule has 1 saturated carbocycles. The van der Waals surface area contributed by atoms with Crippen LogP contribution in [0.1, 0.15) is 29.5 Å². The van der Waals surface area contributed by atoms with E-state index in [0.29, 0.717) is 19.1 Å². The first-order valence-corrected chi connectivity index (χ1v) is 11.4. The Morgan fingerprint density at radius 3 is 2.32 bits per heavy atom. The predicted molar refractivity (Wildman–Crippen MR) is 119 cm³/mol. The van der Waals surface area contributed by atoms with Crippen molar-refractivity contribution in [1.82, 2.24) is 5.32 Å². The van der Waals surface area contributed by atoms with Gasteiger partial charge in [-0.1, -0.05) is 24.3 Å². The molecule has 31 heavy (non-hydrogen) atoms. The van der Waals surface area contributed by atoms with E-state index in [-0.39, 0.29) is 5.91 Å². The maximum Gasteiger partial charge on any atom is 0.275 e. The van der Waals surface area contributed by atoms with E-state index < -0.39 is 0 Å². The lowest BCUT2D eigenvalue weighted by molar-refractivity contribution is -0.921. The third-order valence-corrected chi connectivity index (χ3v) is 6.30. The Hall–Kier alpha value is -2.41. The molecule has 2 fully saturated rings. The minimum atomic E-state index is 0.122. The molecule has 1 atom stereocenters. The highest BCUT2D eigenvalue weighted by Gasteiger charge is 2.34. The highest BCUT2D eigenvalue weighted by molar-refractivity contribution is 5.76. The van der Waals surface area contributed by atoms with Crippen LogP contribution in [0, 0.1) is 0 Å². The molecule has 4 rings (SSSR count). The Balaban J connectivity index is 1.23. The maximum absolute atomic E-state index is 12.6. The fourth-order valence-electron chi connectivity index (χ4n) is 4.22. The number of morpholine rings is 1. The summed E-state index contributed by atoms with van der Waals surface area (Å²) in [5.74, 6) is 0.990. The van der Waals surface area contributed by atoms with Crippen molar-refractivity contribution in [1.29, 1.82) is 0 Å². The van der Waals surface area contributed by atoms with Crippen molar-refractivity contribution < 1.29 is 24.1 Å². The lowest BCUT2D eigenvalue weighted by Crippen LogP contribution is -3.13. The largest absolute Gasteiger partial charge is 0.497 e. The van der Waals surface area contributed by atoms with Gasteiger partial charge in [0.15, 0.2) is 6.54 Å².